The highest BCUT2D eigenvalue weighted by atomic mass is 79.9. The van der Waals surface area contributed by atoms with Crippen LogP contribution in [0.5, 0.6) is 5.88 Å². The molecule has 0 N–H and O–H groups in total. The van der Waals surface area contributed by atoms with E-state index in [-0.39, 0.29) is 17.0 Å². The molecule has 4 nitrogen and oxygen atoms in total. The first-order valence-electron chi connectivity index (χ1n) is 5.51. The van der Waals surface area contributed by atoms with Crippen LogP contribution in [0.3, 0.4) is 0 Å². The number of aryl methyl sites for hydroxylation is 1. The molecule has 0 amide bonds. The SMILES string of the molecule is Br.CCOc1noc2c1[C@H](N(C)C)CCC2. The van der Waals surface area contributed by atoms with Gasteiger partial charge in [-0.25, -0.2) is 0 Å². The fourth-order valence-corrected chi connectivity index (χ4v) is 2.18. The molecule has 0 unspecified atom stereocenters. The number of rotatable bonds is 3. The quantitative estimate of drug-likeness (QED) is 0.858. The van der Waals surface area contributed by atoms with Crippen molar-refractivity contribution < 1.29 is 9.26 Å². The molecule has 1 aromatic rings. The average molecular weight is 291 g/mol. The van der Waals surface area contributed by atoms with Crippen LogP contribution in [0.2, 0.25) is 0 Å². The van der Waals surface area contributed by atoms with Gasteiger partial charge in [0.15, 0.2) is 0 Å². The van der Waals surface area contributed by atoms with Gasteiger partial charge < -0.3 is 14.2 Å². The van der Waals surface area contributed by atoms with Gasteiger partial charge in [-0.1, -0.05) is 0 Å². The van der Waals surface area contributed by atoms with E-state index in [9.17, 15) is 0 Å². The number of aromatic nitrogens is 1. The third-order valence-electron chi connectivity index (χ3n) is 2.89. The van der Waals surface area contributed by atoms with Crippen molar-refractivity contribution in [1.29, 1.82) is 0 Å². The van der Waals surface area contributed by atoms with Gasteiger partial charge in [0.1, 0.15) is 5.76 Å². The van der Waals surface area contributed by atoms with Crippen molar-refractivity contribution in [3.05, 3.63) is 11.3 Å². The molecule has 2 rings (SSSR count). The van der Waals surface area contributed by atoms with Crippen molar-refractivity contribution in [3.63, 3.8) is 0 Å². The second-order valence-corrected chi connectivity index (χ2v) is 4.13. The van der Waals surface area contributed by atoms with Crippen LogP contribution in [0.15, 0.2) is 4.52 Å². The summed E-state index contributed by atoms with van der Waals surface area (Å²) in [6, 6.07) is 0.390. The predicted molar refractivity (Wildman–Crippen MR) is 67.4 cm³/mol. The smallest absolute Gasteiger partial charge is 0.259 e. The predicted octanol–water partition coefficient (Wildman–Crippen LogP) is 2.59. The van der Waals surface area contributed by atoms with Crippen molar-refractivity contribution in [2.75, 3.05) is 20.7 Å². The van der Waals surface area contributed by atoms with E-state index in [2.05, 4.69) is 24.2 Å². The largest absolute Gasteiger partial charge is 0.476 e. The molecule has 1 heterocycles. The summed E-state index contributed by atoms with van der Waals surface area (Å²) in [6.07, 6.45) is 3.30. The van der Waals surface area contributed by atoms with Crippen LogP contribution in [0.1, 0.15) is 37.1 Å². The van der Waals surface area contributed by atoms with Gasteiger partial charge in [0, 0.05) is 12.5 Å². The Balaban J connectivity index is 0.00000128. The van der Waals surface area contributed by atoms with Crippen molar-refractivity contribution in [2.24, 2.45) is 0 Å². The Hall–Kier alpha value is -0.550. The summed E-state index contributed by atoms with van der Waals surface area (Å²) in [5, 5.41) is 4.00. The molecule has 5 heteroatoms. The number of nitrogens with zero attached hydrogens (tertiary/aromatic N) is 2. The van der Waals surface area contributed by atoms with Crippen molar-refractivity contribution in [2.45, 2.75) is 32.2 Å². The molecular weight excluding hydrogens is 272 g/mol. The Kier molecular flexibility index (Phi) is 4.80. The van der Waals surface area contributed by atoms with Crippen LogP contribution >= 0.6 is 17.0 Å². The van der Waals surface area contributed by atoms with E-state index < -0.39 is 0 Å². The standard InChI is InChI=1S/C11H18N2O2.BrH/c1-4-14-11-10-8(13(2)3)6-5-7-9(10)15-12-11;/h8H,4-7H2,1-3H3;1H/t8-;/m1./s1. The third kappa shape index (κ3) is 2.40. The molecule has 0 spiro atoms. The van der Waals surface area contributed by atoms with E-state index in [1.165, 1.54) is 0 Å². The minimum atomic E-state index is 0. The summed E-state index contributed by atoms with van der Waals surface area (Å²) in [4.78, 5) is 2.21. The zero-order chi connectivity index (χ0) is 10.8. The molecule has 1 atom stereocenters. The Labute approximate surface area is 107 Å². The highest BCUT2D eigenvalue weighted by Crippen LogP contribution is 2.38. The summed E-state index contributed by atoms with van der Waals surface area (Å²) in [6.45, 7) is 2.60. The molecule has 0 saturated carbocycles. The Morgan fingerprint density at radius 2 is 2.25 bits per heavy atom. The molecule has 1 aliphatic carbocycles. The maximum atomic E-state index is 5.49. The minimum Gasteiger partial charge on any atom is -0.476 e. The number of fused-ring (bicyclic) bond motifs is 1. The van der Waals surface area contributed by atoms with Crippen LogP contribution in [-0.2, 0) is 6.42 Å². The zero-order valence-electron chi connectivity index (χ0n) is 10.0. The maximum Gasteiger partial charge on any atom is 0.259 e. The number of hydrogen-bond donors (Lipinski definition) is 0. The number of ether oxygens (including phenoxy) is 1. The van der Waals surface area contributed by atoms with Gasteiger partial charge in [-0.2, -0.15) is 0 Å². The molecular formula is C11H19BrN2O2. The normalized spacial score (nSPS) is 19.1. The second kappa shape index (κ2) is 5.68. The van der Waals surface area contributed by atoms with Gasteiger partial charge in [0.25, 0.3) is 5.88 Å². The summed E-state index contributed by atoms with van der Waals surface area (Å²) in [7, 11) is 4.17. The van der Waals surface area contributed by atoms with Crippen molar-refractivity contribution >= 4 is 17.0 Å². The maximum absolute atomic E-state index is 5.49. The first-order chi connectivity index (χ1) is 7.24. The van der Waals surface area contributed by atoms with Gasteiger partial charge in [0.2, 0.25) is 0 Å². The molecule has 0 saturated heterocycles. The van der Waals surface area contributed by atoms with Crippen LogP contribution in [0, 0.1) is 0 Å². The van der Waals surface area contributed by atoms with Crippen LogP contribution in [0.4, 0.5) is 0 Å². The van der Waals surface area contributed by atoms with E-state index in [4.69, 9.17) is 9.26 Å². The van der Waals surface area contributed by atoms with E-state index in [0.29, 0.717) is 18.5 Å². The first-order valence-corrected chi connectivity index (χ1v) is 5.51. The summed E-state index contributed by atoms with van der Waals surface area (Å²) >= 11 is 0. The Morgan fingerprint density at radius 3 is 2.88 bits per heavy atom. The lowest BCUT2D eigenvalue weighted by Crippen LogP contribution is -2.23. The molecule has 1 aliphatic rings. The molecule has 0 radical (unpaired) electrons. The van der Waals surface area contributed by atoms with E-state index in [1.807, 2.05) is 6.92 Å². The van der Waals surface area contributed by atoms with E-state index in [0.717, 1.165) is 30.6 Å². The lowest BCUT2D eigenvalue weighted by atomic mass is 9.92. The lowest BCUT2D eigenvalue weighted by molar-refractivity contribution is 0.250. The molecule has 0 aliphatic heterocycles. The Bertz CT molecular complexity index is 339. The van der Waals surface area contributed by atoms with Crippen LogP contribution in [-0.4, -0.2) is 30.8 Å². The average Bonchev–Trinajstić information content (AvgIpc) is 2.62. The van der Waals surface area contributed by atoms with Gasteiger partial charge in [-0.15, -0.1) is 17.0 Å². The second-order valence-electron chi connectivity index (χ2n) is 4.13. The minimum absolute atomic E-state index is 0. The number of halogens is 1. The highest BCUT2D eigenvalue weighted by Gasteiger charge is 2.30. The molecule has 0 fully saturated rings. The fraction of sp³-hybridized carbons (Fsp3) is 0.727. The molecule has 16 heavy (non-hydrogen) atoms. The summed E-state index contributed by atoms with van der Waals surface area (Å²) in [5.74, 6) is 1.69. The Morgan fingerprint density at radius 1 is 1.50 bits per heavy atom. The topological polar surface area (TPSA) is 38.5 Å². The van der Waals surface area contributed by atoms with Crippen molar-refractivity contribution in [3.8, 4) is 5.88 Å². The lowest BCUT2D eigenvalue weighted by Gasteiger charge is -2.27. The fourth-order valence-electron chi connectivity index (χ4n) is 2.18. The molecule has 92 valence electrons. The molecule has 0 aromatic carbocycles. The molecule has 0 bridgehead atoms. The monoisotopic (exact) mass is 290 g/mol. The van der Waals surface area contributed by atoms with E-state index in [1.54, 1.807) is 0 Å². The van der Waals surface area contributed by atoms with Gasteiger partial charge in [-0.05, 0) is 39.0 Å². The highest BCUT2D eigenvalue weighted by molar-refractivity contribution is 8.93. The first kappa shape index (κ1) is 13.5. The zero-order valence-corrected chi connectivity index (χ0v) is 11.7. The third-order valence-corrected chi connectivity index (χ3v) is 2.89. The van der Waals surface area contributed by atoms with Crippen LogP contribution < -0.4 is 4.74 Å². The van der Waals surface area contributed by atoms with Gasteiger partial charge in [0.05, 0.1) is 12.2 Å². The summed E-state index contributed by atoms with van der Waals surface area (Å²) in [5.41, 5.74) is 1.16. The van der Waals surface area contributed by atoms with Gasteiger partial charge >= 0.3 is 0 Å². The summed E-state index contributed by atoms with van der Waals surface area (Å²) < 4.78 is 10.8. The van der Waals surface area contributed by atoms with Crippen molar-refractivity contribution in [1.82, 2.24) is 10.1 Å². The van der Waals surface area contributed by atoms with E-state index >= 15 is 0 Å². The number of hydrogen-bond acceptors (Lipinski definition) is 4. The molecule has 1 aromatic heterocycles. The van der Waals surface area contributed by atoms with Crippen LogP contribution in [0.25, 0.3) is 0 Å². The van der Waals surface area contributed by atoms with Gasteiger partial charge in [-0.3, -0.25) is 0 Å².